The maximum Gasteiger partial charge on any atom is 0.196 e. The Bertz CT molecular complexity index is 1470. The molecule has 0 amide bonds. The van der Waals surface area contributed by atoms with Crippen LogP contribution in [0.2, 0.25) is 0 Å². The number of nitrogens with one attached hydrogen (secondary N) is 1. The van der Waals surface area contributed by atoms with E-state index in [4.69, 9.17) is 4.42 Å². The number of benzene rings is 3. The van der Waals surface area contributed by atoms with Crippen molar-refractivity contribution in [2.45, 2.75) is 39.5 Å². The molecular formula is C29H28FNO4. The first-order valence-corrected chi connectivity index (χ1v) is 11.4. The van der Waals surface area contributed by atoms with E-state index < -0.39 is 12.1 Å². The molecule has 0 spiro atoms. The van der Waals surface area contributed by atoms with Crippen LogP contribution in [0.3, 0.4) is 0 Å². The second kappa shape index (κ2) is 9.86. The van der Waals surface area contributed by atoms with E-state index >= 15 is 4.39 Å². The van der Waals surface area contributed by atoms with Crippen LogP contribution in [0.1, 0.15) is 47.1 Å². The van der Waals surface area contributed by atoms with Gasteiger partial charge in [-0.1, -0.05) is 42.5 Å². The molecule has 0 unspecified atom stereocenters. The van der Waals surface area contributed by atoms with Crippen molar-refractivity contribution >= 4 is 16.7 Å². The number of hydrogen-bond donors (Lipinski definition) is 3. The van der Waals surface area contributed by atoms with Crippen LogP contribution in [0.25, 0.3) is 22.3 Å². The van der Waals surface area contributed by atoms with Crippen molar-refractivity contribution < 1.29 is 19.0 Å². The van der Waals surface area contributed by atoms with Gasteiger partial charge in [0.25, 0.3) is 0 Å². The highest BCUT2D eigenvalue weighted by Crippen LogP contribution is 2.34. The van der Waals surface area contributed by atoms with E-state index in [9.17, 15) is 15.0 Å². The summed E-state index contributed by atoms with van der Waals surface area (Å²) in [7, 11) is 0. The quantitative estimate of drug-likeness (QED) is 0.223. The Morgan fingerprint density at radius 1 is 1.09 bits per heavy atom. The summed E-state index contributed by atoms with van der Waals surface area (Å²) in [5.74, 6) is -0.252. The number of aryl methyl sites for hydroxylation is 1. The summed E-state index contributed by atoms with van der Waals surface area (Å²) >= 11 is 0. The average Bonchev–Trinajstić information content (AvgIpc) is 2.83. The lowest BCUT2D eigenvalue weighted by Crippen LogP contribution is -2.14. The highest BCUT2D eigenvalue weighted by molar-refractivity contribution is 5.84. The minimum Gasteiger partial charge on any atom is -0.455 e. The van der Waals surface area contributed by atoms with E-state index in [1.54, 1.807) is 61.5 Å². The van der Waals surface area contributed by atoms with Crippen LogP contribution in [-0.2, 0) is 6.42 Å². The number of aliphatic hydroxyl groups excluding tert-OH is 1. The molecule has 5 nitrogen and oxygen atoms in total. The molecule has 6 heteroatoms. The molecule has 0 aliphatic rings. The number of hydrogen-bond acceptors (Lipinski definition) is 5. The molecule has 3 aromatic carbocycles. The van der Waals surface area contributed by atoms with Gasteiger partial charge in [0, 0.05) is 22.4 Å². The van der Waals surface area contributed by atoms with Gasteiger partial charge in [-0.2, -0.15) is 0 Å². The van der Waals surface area contributed by atoms with Crippen LogP contribution >= 0.6 is 0 Å². The fraction of sp³-hybridized carbons (Fsp3) is 0.207. The standard InChI is InChI=1S/C29H28FNO4/c1-5-9-19-10-8-12-21(25(19)30)27-17(3)26(32)23-15-16(2)14-22(28(23)35-27)18(4)31-24-13-7-6-11-20(24)29(33)34/h5-8,10-15,18,29,31,33-34H,1,9H2,2-4H3/t18-/m1/s1. The smallest absolute Gasteiger partial charge is 0.196 e. The Kier molecular flexibility index (Phi) is 6.87. The van der Waals surface area contributed by atoms with Crippen LogP contribution in [-0.4, -0.2) is 10.2 Å². The molecule has 1 atom stereocenters. The minimum atomic E-state index is -1.64. The normalized spacial score (nSPS) is 12.2. The number of para-hydroxylation sites is 1. The number of allylic oxidation sites excluding steroid dienone is 1. The van der Waals surface area contributed by atoms with Crippen LogP contribution in [0, 0.1) is 19.7 Å². The molecule has 3 N–H and O–H groups in total. The van der Waals surface area contributed by atoms with E-state index in [1.165, 1.54) is 0 Å². The SMILES string of the molecule is C=CCc1cccc(-c2oc3c([C@@H](C)Nc4ccccc4C(O)O)cc(C)cc3c(=O)c2C)c1F. The van der Waals surface area contributed by atoms with Crippen LogP contribution < -0.4 is 10.7 Å². The number of halogens is 1. The van der Waals surface area contributed by atoms with E-state index in [-0.39, 0.29) is 22.8 Å². The van der Waals surface area contributed by atoms with Gasteiger partial charge in [-0.25, -0.2) is 4.39 Å². The van der Waals surface area contributed by atoms with Crippen molar-refractivity contribution in [1.29, 1.82) is 0 Å². The Balaban J connectivity index is 1.91. The van der Waals surface area contributed by atoms with Gasteiger partial charge < -0.3 is 19.9 Å². The third-order valence-corrected chi connectivity index (χ3v) is 6.16. The van der Waals surface area contributed by atoms with Crippen molar-refractivity contribution in [1.82, 2.24) is 0 Å². The second-order valence-corrected chi connectivity index (χ2v) is 8.71. The summed E-state index contributed by atoms with van der Waals surface area (Å²) in [6, 6.07) is 15.2. The lowest BCUT2D eigenvalue weighted by Gasteiger charge is -2.21. The fourth-order valence-corrected chi connectivity index (χ4v) is 4.38. The molecule has 0 aliphatic heterocycles. The molecule has 0 aliphatic carbocycles. The number of fused-ring (bicyclic) bond motifs is 1. The Morgan fingerprint density at radius 2 is 1.83 bits per heavy atom. The van der Waals surface area contributed by atoms with Gasteiger partial charge >= 0.3 is 0 Å². The Labute approximate surface area is 203 Å². The van der Waals surface area contributed by atoms with Crippen molar-refractivity contribution in [3.8, 4) is 11.3 Å². The molecule has 1 heterocycles. The largest absolute Gasteiger partial charge is 0.455 e. The first-order chi connectivity index (χ1) is 16.7. The van der Waals surface area contributed by atoms with E-state index in [0.717, 1.165) is 5.56 Å². The highest BCUT2D eigenvalue weighted by atomic mass is 19.1. The zero-order valence-electron chi connectivity index (χ0n) is 19.9. The first-order valence-electron chi connectivity index (χ1n) is 11.4. The number of rotatable bonds is 7. The van der Waals surface area contributed by atoms with E-state index in [2.05, 4.69) is 11.9 Å². The number of anilines is 1. The molecule has 4 aromatic rings. The zero-order chi connectivity index (χ0) is 25.3. The summed E-state index contributed by atoms with van der Waals surface area (Å²) in [5, 5.41) is 23.2. The monoisotopic (exact) mass is 473 g/mol. The lowest BCUT2D eigenvalue weighted by molar-refractivity contribution is -0.0419. The molecule has 0 fully saturated rings. The summed E-state index contributed by atoms with van der Waals surface area (Å²) in [6.45, 7) is 9.11. The van der Waals surface area contributed by atoms with Gasteiger partial charge in [-0.3, -0.25) is 4.79 Å². The third kappa shape index (κ3) is 4.63. The maximum absolute atomic E-state index is 15.3. The molecule has 35 heavy (non-hydrogen) atoms. The molecule has 0 bridgehead atoms. The topological polar surface area (TPSA) is 82.7 Å². The first kappa shape index (κ1) is 24.4. The zero-order valence-corrected chi connectivity index (χ0v) is 19.9. The predicted molar refractivity (Wildman–Crippen MR) is 137 cm³/mol. The Morgan fingerprint density at radius 3 is 2.54 bits per heavy atom. The van der Waals surface area contributed by atoms with Crippen molar-refractivity contribution in [3.05, 3.63) is 111 Å². The van der Waals surface area contributed by atoms with Gasteiger partial charge in [0.1, 0.15) is 17.2 Å². The van der Waals surface area contributed by atoms with Crippen LogP contribution in [0.5, 0.6) is 0 Å². The molecule has 180 valence electrons. The summed E-state index contributed by atoms with van der Waals surface area (Å²) in [4.78, 5) is 13.4. The summed E-state index contributed by atoms with van der Waals surface area (Å²) in [5.41, 5.74) is 3.60. The maximum atomic E-state index is 15.3. The number of aliphatic hydroxyl groups is 2. The molecule has 4 rings (SSSR count). The average molecular weight is 474 g/mol. The molecule has 0 radical (unpaired) electrons. The van der Waals surface area contributed by atoms with E-state index in [1.807, 2.05) is 19.9 Å². The predicted octanol–water partition coefficient (Wildman–Crippen LogP) is 6.10. The summed E-state index contributed by atoms with van der Waals surface area (Å²) < 4.78 is 21.6. The third-order valence-electron chi connectivity index (χ3n) is 6.16. The van der Waals surface area contributed by atoms with Gasteiger partial charge in [-0.15, -0.1) is 6.58 Å². The van der Waals surface area contributed by atoms with Crippen molar-refractivity contribution in [2.75, 3.05) is 5.32 Å². The lowest BCUT2D eigenvalue weighted by atomic mass is 9.97. The van der Waals surface area contributed by atoms with E-state index in [0.29, 0.717) is 45.3 Å². The van der Waals surface area contributed by atoms with Crippen LogP contribution in [0.4, 0.5) is 10.1 Å². The van der Waals surface area contributed by atoms with Crippen molar-refractivity contribution in [2.24, 2.45) is 0 Å². The minimum absolute atomic E-state index is 0.189. The second-order valence-electron chi connectivity index (χ2n) is 8.71. The highest BCUT2D eigenvalue weighted by Gasteiger charge is 2.22. The molecule has 0 saturated heterocycles. The van der Waals surface area contributed by atoms with Gasteiger partial charge in [-0.05, 0) is 56.5 Å². The van der Waals surface area contributed by atoms with Crippen LogP contribution in [0.15, 0.2) is 76.5 Å². The molecular weight excluding hydrogens is 445 g/mol. The molecule has 0 saturated carbocycles. The molecule has 1 aromatic heterocycles. The van der Waals surface area contributed by atoms with Gasteiger partial charge in [0.2, 0.25) is 0 Å². The van der Waals surface area contributed by atoms with Gasteiger partial charge in [0.15, 0.2) is 11.7 Å². The Hall–Kier alpha value is -3.74. The fourth-order valence-electron chi connectivity index (χ4n) is 4.38. The summed E-state index contributed by atoms with van der Waals surface area (Å²) in [6.07, 6.45) is 0.345. The van der Waals surface area contributed by atoms with Crippen molar-refractivity contribution in [3.63, 3.8) is 0 Å². The van der Waals surface area contributed by atoms with Gasteiger partial charge in [0.05, 0.1) is 17.0 Å².